The highest BCUT2D eigenvalue weighted by atomic mass is 32.2. The summed E-state index contributed by atoms with van der Waals surface area (Å²) >= 11 is 1.16. The number of carbonyl (C=O) groups excluding carboxylic acids is 1. The number of thioether (sulfide) groups is 1. The summed E-state index contributed by atoms with van der Waals surface area (Å²) in [5.74, 6) is -0.696. The summed E-state index contributed by atoms with van der Waals surface area (Å²) in [7, 11) is 0. The second kappa shape index (κ2) is 10.5. The highest BCUT2D eigenvalue weighted by Crippen LogP contribution is 2.25. The van der Waals surface area contributed by atoms with Gasteiger partial charge >= 0.3 is 0 Å². The molecule has 1 amide bonds. The number of anilines is 1. The van der Waals surface area contributed by atoms with E-state index in [1.54, 1.807) is 22.8 Å². The predicted molar refractivity (Wildman–Crippen MR) is 137 cm³/mol. The monoisotopic (exact) mass is 486 g/mol. The van der Waals surface area contributed by atoms with Gasteiger partial charge in [-0.05, 0) is 61.9 Å². The first-order chi connectivity index (χ1) is 16.9. The van der Waals surface area contributed by atoms with E-state index in [0.29, 0.717) is 27.4 Å². The molecule has 4 rings (SSSR count). The fourth-order valence-corrected chi connectivity index (χ4v) is 4.74. The number of benzene rings is 3. The lowest BCUT2D eigenvalue weighted by Gasteiger charge is -2.22. The van der Waals surface area contributed by atoms with Crippen LogP contribution in [0.25, 0.3) is 16.6 Å². The van der Waals surface area contributed by atoms with Crippen LogP contribution in [-0.2, 0) is 4.79 Å². The van der Waals surface area contributed by atoms with Crippen molar-refractivity contribution in [3.05, 3.63) is 94.0 Å². The second-order valence-electron chi connectivity index (χ2n) is 8.06. The van der Waals surface area contributed by atoms with Crippen LogP contribution < -0.4 is 10.5 Å². The minimum atomic E-state index is -0.409. The Bertz CT molecular complexity index is 1490. The lowest BCUT2D eigenvalue weighted by Crippen LogP contribution is -2.33. The Morgan fingerprint density at radius 1 is 1.11 bits per heavy atom. The number of aromatic nitrogens is 2. The smallest absolute Gasteiger partial charge is 0.266 e. The Morgan fingerprint density at radius 2 is 1.86 bits per heavy atom. The number of nitrogens with zero attached hydrogens (tertiary/aromatic N) is 4. The molecule has 3 aromatic carbocycles. The van der Waals surface area contributed by atoms with Gasteiger partial charge < -0.3 is 4.90 Å². The van der Waals surface area contributed by atoms with E-state index < -0.39 is 5.82 Å². The summed E-state index contributed by atoms with van der Waals surface area (Å²) in [4.78, 5) is 32.9. The maximum Gasteiger partial charge on any atom is 0.266 e. The van der Waals surface area contributed by atoms with Crippen LogP contribution in [0.15, 0.2) is 76.7 Å². The van der Waals surface area contributed by atoms with Gasteiger partial charge in [-0.2, -0.15) is 5.26 Å². The van der Waals surface area contributed by atoms with Gasteiger partial charge in [-0.15, -0.1) is 0 Å². The normalized spacial score (nSPS) is 10.8. The van der Waals surface area contributed by atoms with Gasteiger partial charge in [0.2, 0.25) is 5.91 Å². The summed E-state index contributed by atoms with van der Waals surface area (Å²) in [6.07, 6.45) is 0.134. The van der Waals surface area contributed by atoms with Crippen molar-refractivity contribution < 1.29 is 9.18 Å². The molecule has 0 spiro atoms. The molecule has 1 heterocycles. The van der Waals surface area contributed by atoms with Gasteiger partial charge in [0.25, 0.3) is 5.56 Å². The molecule has 0 radical (unpaired) electrons. The molecule has 0 aliphatic heterocycles. The van der Waals surface area contributed by atoms with Gasteiger partial charge in [-0.3, -0.25) is 14.2 Å². The Labute approximate surface area is 206 Å². The van der Waals surface area contributed by atoms with Crippen LogP contribution in [0.5, 0.6) is 0 Å². The molecule has 0 saturated heterocycles. The van der Waals surface area contributed by atoms with Crippen LogP contribution in [0.3, 0.4) is 0 Å². The quantitative estimate of drug-likeness (QED) is 0.266. The molecule has 0 fully saturated rings. The molecule has 4 aromatic rings. The van der Waals surface area contributed by atoms with Gasteiger partial charge in [0, 0.05) is 12.2 Å². The minimum absolute atomic E-state index is 0.0154. The number of halogens is 1. The van der Waals surface area contributed by atoms with E-state index >= 15 is 0 Å². The molecule has 0 bridgehead atoms. The van der Waals surface area contributed by atoms with Crippen LogP contribution in [0.1, 0.15) is 17.5 Å². The third-order valence-electron chi connectivity index (χ3n) is 5.55. The fraction of sp³-hybridized carbons (Fsp3) is 0.185. The predicted octanol–water partition coefficient (Wildman–Crippen LogP) is 5.18. The topological polar surface area (TPSA) is 79.0 Å². The third-order valence-corrected chi connectivity index (χ3v) is 6.47. The number of para-hydroxylation sites is 1. The average Bonchev–Trinajstić information content (AvgIpc) is 2.85. The molecule has 0 saturated carbocycles. The van der Waals surface area contributed by atoms with E-state index in [1.165, 1.54) is 29.2 Å². The molecule has 0 atom stereocenters. The van der Waals surface area contributed by atoms with Crippen molar-refractivity contribution in [1.82, 2.24) is 9.55 Å². The number of aryl methyl sites for hydroxylation is 2. The van der Waals surface area contributed by atoms with Gasteiger partial charge in [0.05, 0.1) is 34.8 Å². The van der Waals surface area contributed by atoms with Crippen molar-refractivity contribution in [3.63, 3.8) is 0 Å². The lowest BCUT2D eigenvalue weighted by atomic mass is 10.1. The third kappa shape index (κ3) is 5.26. The number of carbonyl (C=O) groups is 1. The zero-order valence-corrected chi connectivity index (χ0v) is 20.2. The number of fused-ring (bicyclic) bond motifs is 1. The highest BCUT2D eigenvalue weighted by Gasteiger charge is 2.20. The van der Waals surface area contributed by atoms with Crippen molar-refractivity contribution >= 4 is 34.3 Å². The van der Waals surface area contributed by atoms with Crippen molar-refractivity contribution in [3.8, 4) is 11.8 Å². The van der Waals surface area contributed by atoms with Gasteiger partial charge in [0.1, 0.15) is 5.82 Å². The zero-order valence-electron chi connectivity index (χ0n) is 19.4. The standard InChI is InChI=1S/C27H23FN4O2S/c1-18-8-13-24(19(2)16-18)32-26(34)22-6-3-4-7-23(22)30-27(32)35-17-25(33)31(15-5-14-29)21-11-9-20(28)10-12-21/h3-4,6-13,16H,5,15,17H2,1-2H3. The Hall–Kier alpha value is -3.96. The Morgan fingerprint density at radius 3 is 2.57 bits per heavy atom. The van der Waals surface area contributed by atoms with Gasteiger partial charge in [-0.1, -0.05) is 41.6 Å². The van der Waals surface area contributed by atoms with Crippen molar-refractivity contribution in [2.75, 3.05) is 17.2 Å². The summed E-state index contributed by atoms with van der Waals surface area (Å²) in [5.41, 5.74) is 3.54. The minimum Gasteiger partial charge on any atom is -0.311 e. The van der Waals surface area contributed by atoms with Crippen LogP contribution in [0, 0.1) is 31.0 Å². The summed E-state index contributed by atoms with van der Waals surface area (Å²) < 4.78 is 14.9. The molecular weight excluding hydrogens is 463 g/mol. The van der Waals surface area contributed by atoms with Crippen LogP contribution in [0.2, 0.25) is 0 Å². The van der Waals surface area contributed by atoms with E-state index in [9.17, 15) is 14.0 Å². The number of nitriles is 1. The van der Waals surface area contributed by atoms with Crippen LogP contribution in [-0.4, -0.2) is 27.8 Å². The Kier molecular flexibility index (Phi) is 7.28. The SMILES string of the molecule is Cc1ccc(-n2c(SCC(=O)N(CCC#N)c3ccc(F)cc3)nc3ccccc3c2=O)c(C)c1. The summed E-state index contributed by atoms with van der Waals surface area (Å²) in [5, 5.41) is 9.92. The number of rotatable bonds is 7. The molecule has 0 N–H and O–H groups in total. The molecule has 35 heavy (non-hydrogen) atoms. The van der Waals surface area contributed by atoms with E-state index in [1.807, 2.05) is 44.2 Å². The molecule has 0 aliphatic carbocycles. The summed E-state index contributed by atoms with van der Waals surface area (Å²) in [6, 6.07) is 20.5. The maximum atomic E-state index is 13.5. The first-order valence-electron chi connectivity index (χ1n) is 11.0. The highest BCUT2D eigenvalue weighted by molar-refractivity contribution is 7.99. The van der Waals surface area contributed by atoms with Crippen LogP contribution >= 0.6 is 11.8 Å². The molecular formula is C27H23FN4O2S. The first kappa shape index (κ1) is 24.2. The average molecular weight is 487 g/mol. The maximum absolute atomic E-state index is 13.5. The van der Waals surface area contributed by atoms with E-state index in [0.717, 1.165) is 22.9 Å². The zero-order chi connectivity index (χ0) is 24.9. The van der Waals surface area contributed by atoms with Gasteiger partial charge in [0.15, 0.2) is 5.16 Å². The number of amides is 1. The summed E-state index contributed by atoms with van der Waals surface area (Å²) in [6.45, 7) is 4.09. The Balaban J connectivity index is 1.72. The molecule has 0 aliphatic rings. The largest absolute Gasteiger partial charge is 0.311 e. The van der Waals surface area contributed by atoms with Crippen molar-refractivity contribution in [2.45, 2.75) is 25.4 Å². The fourth-order valence-electron chi connectivity index (χ4n) is 3.86. The van der Waals surface area contributed by atoms with E-state index in [2.05, 4.69) is 0 Å². The number of hydrogen-bond donors (Lipinski definition) is 0. The molecule has 1 aromatic heterocycles. The second-order valence-corrected chi connectivity index (χ2v) is 9.00. The van der Waals surface area contributed by atoms with Crippen LogP contribution in [0.4, 0.5) is 10.1 Å². The van der Waals surface area contributed by atoms with Crippen molar-refractivity contribution in [1.29, 1.82) is 5.26 Å². The molecule has 0 unspecified atom stereocenters. The van der Waals surface area contributed by atoms with E-state index in [-0.39, 0.29) is 30.2 Å². The number of hydrogen-bond acceptors (Lipinski definition) is 5. The lowest BCUT2D eigenvalue weighted by molar-refractivity contribution is -0.116. The first-order valence-corrected chi connectivity index (χ1v) is 12.0. The molecule has 6 nitrogen and oxygen atoms in total. The molecule has 8 heteroatoms. The molecule has 176 valence electrons. The van der Waals surface area contributed by atoms with E-state index in [4.69, 9.17) is 10.2 Å². The van der Waals surface area contributed by atoms with Crippen molar-refractivity contribution in [2.24, 2.45) is 0 Å². The van der Waals surface area contributed by atoms with Gasteiger partial charge in [-0.25, -0.2) is 9.37 Å².